The summed E-state index contributed by atoms with van der Waals surface area (Å²) in [5, 5.41) is 9.51. The van der Waals surface area contributed by atoms with Gasteiger partial charge in [-0.15, -0.1) is 6.07 Å². The van der Waals surface area contributed by atoms with Crippen LogP contribution in [0.2, 0.25) is 0 Å². The van der Waals surface area contributed by atoms with E-state index in [2.05, 4.69) is 16.0 Å². The van der Waals surface area contributed by atoms with Gasteiger partial charge in [-0.25, -0.2) is 0 Å². The first kappa shape index (κ1) is 15.8. The Morgan fingerprint density at radius 2 is 2.25 bits per heavy atom. The molecule has 1 aliphatic heterocycles. The predicted octanol–water partition coefficient (Wildman–Crippen LogP) is -1.55. The molecule has 0 bridgehead atoms. The number of fused-ring (bicyclic) bond motifs is 1. The van der Waals surface area contributed by atoms with Gasteiger partial charge in [-0.3, -0.25) is 4.85 Å². The van der Waals surface area contributed by atoms with Gasteiger partial charge in [0.05, 0.1) is 18.9 Å². The molecule has 0 aliphatic carbocycles. The minimum atomic E-state index is -0.853. The first-order valence-electron chi connectivity index (χ1n) is 5.63. The molecule has 3 rings (SSSR count). The Morgan fingerprint density at radius 3 is 2.95 bits per heavy atom. The summed E-state index contributed by atoms with van der Waals surface area (Å²) in [5.41, 5.74) is 2.00. The normalized spacial score (nSPS) is 12.3. The van der Waals surface area contributed by atoms with Crippen LogP contribution in [-0.2, 0) is 11.3 Å². The van der Waals surface area contributed by atoms with Crippen molar-refractivity contribution in [3.63, 3.8) is 0 Å². The van der Waals surface area contributed by atoms with Crippen LogP contribution < -0.4 is 68.4 Å². The maximum Gasteiger partial charge on any atom is 1.00 e. The number of hydrogen-bond acceptors (Lipinski definition) is 4. The van der Waals surface area contributed by atoms with E-state index in [9.17, 15) is 5.02 Å². The van der Waals surface area contributed by atoms with Crippen molar-refractivity contribution >= 4 is 18.3 Å². The molecule has 20 heavy (non-hydrogen) atoms. The largest absolute Gasteiger partial charge is 1.00 e. The van der Waals surface area contributed by atoms with Crippen LogP contribution in [0.1, 0.15) is 5.56 Å². The van der Waals surface area contributed by atoms with Gasteiger partial charge in [-0.2, -0.15) is 6.07 Å². The third kappa shape index (κ3) is 3.37. The van der Waals surface area contributed by atoms with Gasteiger partial charge in [0.25, 0.3) is 0 Å². The summed E-state index contributed by atoms with van der Waals surface area (Å²) in [6.07, 6.45) is 2.57. The fraction of sp³-hybridized carbons (Fsp3) is 0.0769. The Balaban J connectivity index is 0.00000147. The number of hydrogen-bond donors (Lipinski definition) is 1. The summed E-state index contributed by atoms with van der Waals surface area (Å²) in [6, 6.07) is 8.51. The molecule has 5 nitrogen and oxygen atoms in total. The topological polar surface area (TPSA) is 55.9 Å². The van der Waals surface area contributed by atoms with Crippen molar-refractivity contribution in [2.24, 2.45) is 0 Å². The van der Waals surface area contributed by atoms with E-state index in [1.54, 1.807) is 30.3 Å². The average Bonchev–Trinajstić information content (AvgIpc) is 2.81. The van der Waals surface area contributed by atoms with Gasteiger partial charge in [0, 0.05) is 0 Å². The fourth-order valence-electron chi connectivity index (χ4n) is 1.85. The Bertz CT molecular complexity index is 658. The molecule has 2 aromatic rings. The van der Waals surface area contributed by atoms with Crippen molar-refractivity contribution in [2.75, 3.05) is 0 Å². The number of benzene rings is 1. The molecule has 92 valence electrons. The monoisotopic (exact) mass is 336 g/mol. The van der Waals surface area contributed by atoms with E-state index in [1.807, 2.05) is 0 Å². The quantitative estimate of drug-likeness (QED) is 0.533. The molecular formula is C13H8BN2O3Rb. The molecule has 1 aliphatic rings. The van der Waals surface area contributed by atoms with Crippen molar-refractivity contribution in [1.29, 1.82) is 0 Å². The zero-order chi connectivity index (χ0) is 13.2. The SMILES string of the molecule is [C-]#[N+]c1[c-]nc(Oc2ccc3c(c2)COB3O)cc1.[Rb+]. The third-order valence-corrected chi connectivity index (χ3v) is 2.78. The predicted molar refractivity (Wildman–Crippen MR) is 68.2 cm³/mol. The summed E-state index contributed by atoms with van der Waals surface area (Å²) in [6.45, 7) is 7.18. The second-order valence-corrected chi connectivity index (χ2v) is 4.02. The molecule has 0 fully saturated rings. The van der Waals surface area contributed by atoms with E-state index >= 15 is 0 Å². The molecular weight excluding hydrogens is 328 g/mol. The summed E-state index contributed by atoms with van der Waals surface area (Å²) in [5.74, 6) is 0.972. The first-order chi connectivity index (χ1) is 9.26. The van der Waals surface area contributed by atoms with E-state index in [4.69, 9.17) is 16.0 Å². The molecule has 0 saturated heterocycles. The molecule has 7 heteroatoms. The smallest absolute Gasteiger partial charge is 0.499 e. The molecule has 1 N–H and O–H groups in total. The molecule has 1 aromatic heterocycles. The summed E-state index contributed by atoms with van der Waals surface area (Å²) < 4.78 is 10.7. The van der Waals surface area contributed by atoms with Crippen LogP contribution in [0.5, 0.6) is 11.6 Å². The van der Waals surface area contributed by atoms with Crippen molar-refractivity contribution in [3.05, 3.63) is 53.5 Å². The van der Waals surface area contributed by atoms with Gasteiger partial charge in [0.2, 0.25) is 0 Å². The maximum atomic E-state index is 9.51. The first-order valence-corrected chi connectivity index (χ1v) is 5.63. The van der Waals surface area contributed by atoms with Crippen LogP contribution in [-0.4, -0.2) is 17.1 Å². The van der Waals surface area contributed by atoms with E-state index in [0.717, 1.165) is 11.0 Å². The number of nitrogens with zero attached hydrogens (tertiary/aromatic N) is 2. The minimum absolute atomic E-state index is 0. The third-order valence-electron chi connectivity index (χ3n) is 2.78. The molecule has 0 amide bonds. The average molecular weight is 336 g/mol. The number of rotatable bonds is 2. The van der Waals surface area contributed by atoms with E-state index in [0.29, 0.717) is 23.9 Å². The van der Waals surface area contributed by atoms with Crippen LogP contribution >= 0.6 is 0 Å². The standard InChI is InChI=1S/C13H8BN2O3.Rb/c1-15-10-2-5-13(16-7-10)19-11-3-4-12-9(6-11)8-18-14(12)17;/h2-6,17H,8H2;/q-1;+1. The van der Waals surface area contributed by atoms with Crippen molar-refractivity contribution in [3.8, 4) is 11.6 Å². The number of pyridine rings is 1. The van der Waals surface area contributed by atoms with Gasteiger partial charge in [-0.1, -0.05) is 12.3 Å². The van der Waals surface area contributed by atoms with Crippen molar-refractivity contribution in [1.82, 2.24) is 4.98 Å². The zero-order valence-electron chi connectivity index (χ0n) is 10.8. The van der Waals surface area contributed by atoms with Gasteiger partial charge < -0.3 is 19.4 Å². The molecule has 0 saturated carbocycles. The molecule has 0 atom stereocenters. The van der Waals surface area contributed by atoms with Crippen LogP contribution in [0.25, 0.3) is 4.85 Å². The Morgan fingerprint density at radius 1 is 1.40 bits per heavy atom. The molecule has 2 heterocycles. The maximum absolute atomic E-state index is 9.51. The summed E-state index contributed by atoms with van der Waals surface area (Å²) >= 11 is 0. The van der Waals surface area contributed by atoms with Crippen LogP contribution in [0.15, 0.2) is 30.3 Å². The molecule has 0 spiro atoms. The zero-order valence-corrected chi connectivity index (χ0v) is 15.7. The Hall–Kier alpha value is -0.550. The Kier molecular flexibility index (Phi) is 5.49. The molecule has 1 aromatic carbocycles. The van der Waals surface area contributed by atoms with E-state index < -0.39 is 7.12 Å². The minimum Gasteiger partial charge on any atom is -0.499 e. The van der Waals surface area contributed by atoms with Crippen molar-refractivity contribution in [2.45, 2.75) is 6.61 Å². The van der Waals surface area contributed by atoms with Crippen LogP contribution in [0.4, 0.5) is 5.69 Å². The van der Waals surface area contributed by atoms with E-state index in [-0.39, 0.29) is 58.2 Å². The van der Waals surface area contributed by atoms with Crippen LogP contribution in [0, 0.1) is 12.8 Å². The van der Waals surface area contributed by atoms with E-state index in [1.165, 1.54) is 0 Å². The number of aromatic nitrogens is 1. The Labute approximate surface area is 165 Å². The second-order valence-electron chi connectivity index (χ2n) is 4.02. The second kappa shape index (κ2) is 6.94. The summed E-state index contributed by atoms with van der Waals surface area (Å²) in [4.78, 5) is 7.12. The summed E-state index contributed by atoms with van der Waals surface area (Å²) in [7, 11) is -0.853. The van der Waals surface area contributed by atoms with Crippen LogP contribution in [0.3, 0.4) is 0 Å². The van der Waals surface area contributed by atoms with Gasteiger partial charge in [0.1, 0.15) is 11.6 Å². The van der Waals surface area contributed by atoms with Gasteiger partial charge in [-0.05, 0) is 23.2 Å². The van der Waals surface area contributed by atoms with Gasteiger partial charge in [0.15, 0.2) is 0 Å². The fourth-order valence-corrected chi connectivity index (χ4v) is 1.85. The number of ether oxygens (including phenoxy) is 1. The van der Waals surface area contributed by atoms with Gasteiger partial charge >= 0.3 is 65.3 Å². The molecule has 0 radical (unpaired) electrons. The molecule has 0 unspecified atom stereocenters. The van der Waals surface area contributed by atoms with Crippen molar-refractivity contribution < 1.29 is 72.6 Å².